The third kappa shape index (κ3) is 127. The molecule has 0 rings (SSSR count). The molecule has 0 heterocycles. The van der Waals surface area contributed by atoms with Gasteiger partial charge in [-0.1, -0.05) is 0 Å². The fraction of sp³-hybridized carbons (Fsp3) is 0. The van der Waals surface area contributed by atoms with E-state index in [9.17, 15) is 0 Å². The van der Waals surface area contributed by atoms with Gasteiger partial charge in [0.2, 0.25) is 0 Å². The molecule has 3 heteroatoms. The van der Waals surface area contributed by atoms with Gasteiger partial charge in [-0.3, -0.25) is 0 Å². The Kier molecular flexibility index (Phi) is 5070. The van der Waals surface area contributed by atoms with Crippen molar-refractivity contribution in [2.45, 2.75) is 0 Å². The van der Waals surface area contributed by atoms with E-state index in [1.54, 1.807) is 0 Å². The molecule has 28 valence electrons. The number of carbonyl (C=O) groups is 1. The molecule has 0 aliphatic carbocycles. The van der Waals surface area contributed by atoms with Crippen LogP contribution >= 0.6 is 0 Å². The maximum atomic E-state index is 8.00. The molecule has 0 aromatic rings. The summed E-state index contributed by atoms with van der Waals surface area (Å²) in [6, 6.07) is 0. The molecule has 0 saturated carbocycles. The van der Waals surface area contributed by atoms with Crippen LogP contribution in [0.25, 0.3) is 0 Å². The maximum absolute atomic E-state index is 8.00. The molecule has 0 aliphatic heterocycles. The van der Waals surface area contributed by atoms with Crippen molar-refractivity contribution in [3.63, 3.8) is 0 Å². The largest absolute Gasteiger partial charge is 0.344 e. The fourth-order valence-corrected chi connectivity index (χ4v) is 0. The van der Waals surface area contributed by atoms with Crippen LogP contribution in [-0.4, -0.2) is 6.79 Å². The molecule has 0 spiro atoms. The molecular formula is CH5FeNO. The van der Waals surface area contributed by atoms with Gasteiger partial charge in [-0.2, -0.15) is 0 Å². The van der Waals surface area contributed by atoms with Crippen molar-refractivity contribution >= 4 is 6.79 Å². The summed E-state index contributed by atoms with van der Waals surface area (Å²) in [4.78, 5) is 8.00. The van der Waals surface area contributed by atoms with Crippen LogP contribution in [0.5, 0.6) is 0 Å². The SMILES string of the molecule is C=O.N.[Fe]. The topological polar surface area (TPSA) is 52.1 Å². The maximum Gasteiger partial charge on any atom is 0.106 e. The van der Waals surface area contributed by atoms with Crippen molar-refractivity contribution in [3.8, 4) is 0 Å². The molecule has 3 N–H and O–H groups in total. The van der Waals surface area contributed by atoms with Gasteiger partial charge >= 0.3 is 0 Å². The summed E-state index contributed by atoms with van der Waals surface area (Å²) in [5.41, 5.74) is 0. The summed E-state index contributed by atoms with van der Waals surface area (Å²) in [5.74, 6) is 0. The molecule has 0 aromatic heterocycles. The average molecular weight is 103 g/mol. The van der Waals surface area contributed by atoms with E-state index >= 15 is 0 Å². The first-order valence-corrected chi connectivity index (χ1v) is 0.289. The van der Waals surface area contributed by atoms with Gasteiger partial charge in [-0.05, 0) is 0 Å². The minimum atomic E-state index is 0. The van der Waals surface area contributed by atoms with Crippen molar-refractivity contribution in [3.05, 3.63) is 0 Å². The molecule has 2 nitrogen and oxygen atoms in total. The predicted octanol–water partition coefficient (Wildman–Crippen LogP) is -0.0254. The molecule has 0 fully saturated rings. The van der Waals surface area contributed by atoms with Gasteiger partial charge in [0.15, 0.2) is 0 Å². The summed E-state index contributed by atoms with van der Waals surface area (Å²) in [7, 11) is 0. The van der Waals surface area contributed by atoms with E-state index in [-0.39, 0.29) is 23.2 Å². The second kappa shape index (κ2) is 651. The van der Waals surface area contributed by atoms with Crippen molar-refractivity contribution in [2.75, 3.05) is 0 Å². The van der Waals surface area contributed by atoms with Crippen LogP contribution in [0.15, 0.2) is 0 Å². The molecule has 0 atom stereocenters. The molecule has 0 aliphatic rings. The summed E-state index contributed by atoms with van der Waals surface area (Å²) in [6.07, 6.45) is 0. The molecule has 0 radical (unpaired) electrons. The molecule has 4 heavy (non-hydrogen) atoms. The van der Waals surface area contributed by atoms with Crippen LogP contribution in [-0.2, 0) is 21.9 Å². The zero-order valence-electron chi connectivity index (χ0n) is 2.18. The Morgan fingerprint density at radius 1 is 1.25 bits per heavy atom. The van der Waals surface area contributed by atoms with Crippen LogP contribution in [0.4, 0.5) is 0 Å². The average Bonchev–Trinajstić information content (AvgIpc) is 1.00. The third-order valence-corrected chi connectivity index (χ3v) is 0. The van der Waals surface area contributed by atoms with Gasteiger partial charge in [0.25, 0.3) is 0 Å². The van der Waals surface area contributed by atoms with Crippen LogP contribution in [0.1, 0.15) is 0 Å². The van der Waals surface area contributed by atoms with Gasteiger partial charge in [0, 0.05) is 17.1 Å². The summed E-state index contributed by atoms with van der Waals surface area (Å²) >= 11 is 0. The first kappa shape index (κ1) is 31.2. The van der Waals surface area contributed by atoms with E-state index in [1.165, 1.54) is 0 Å². The van der Waals surface area contributed by atoms with E-state index < -0.39 is 0 Å². The van der Waals surface area contributed by atoms with Crippen molar-refractivity contribution in [1.82, 2.24) is 6.15 Å². The molecule has 0 bridgehead atoms. The Balaban J connectivity index is -0.00000000500. The van der Waals surface area contributed by atoms with Crippen LogP contribution in [0.3, 0.4) is 0 Å². The quantitative estimate of drug-likeness (QED) is 0.437. The summed E-state index contributed by atoms with van der Waals surface area (Å²) in [5, 5.41) is 0. The van der Waals surface area contributed by atoms with Gasteiger partial charge in [0.1, 0.15) is 6.79 Å². The second-order valence-corrected chi connectivity index (χ2v) is 0. The predicted molar refractivity (Wildman–Crippen MR) is 12.1 cm³/mol. The Hall–Kier alpha value is 0.149. The zero-order valence-corrected chi connectivity index (χ0v) is 3.28. The van der Waals surface area contributed by atoms with E-state index in [2.05, 4.69) is 0 Å². The van der Waals surface area contributed by atoms with Crippen molar-refractivity contribution in [1.29, 1.82) is 0 Å². The Labute approximate surface area is 35.6 Å². The number of rotatable bonds is 0. The third-order valence-electron chi connectivity index (χ3n) is 0. The van der Waals surface area contributed by atoms with Gasteiger partial charge in [0.05, 0.1) is 0 Å². The van der Waals surface area contributed by atoms with Gasteiger partial charge in [-0.15, -0.1) is 0 Å². The number of carbonyl (C=O) groups excluding carboxylic acids is 1. The van der Waals surface area contributed by atoms with E-state index in [0.717, 1.165) is 0 Å². The van der Waals surface area contributed by atoms with Crippen LogP contribution in [0, 0.1) is 0 Å². The number of hydrogen-bond acceptors (Lipinski definition) is 2. The monoisotopic (exact) mass is 103 g/mol. The van der Waals surface area contributed by atoms with Crippen LogP contribution in [0.2, 0.25) is 0 Å². The van der Waals surface area contributed by atoms with Crippen LogP contribution < -0.4 is 6.15 Å². The molecule has 0 saturated heterocycles. The summed E-state index contributed by atoms with van der Waals surface area (Å²) in [6.45, 7) is 2.00. The first-order valence-electron chi connectivity index (χ1n) is 0.289. The van der Waals surface area contributed by atoms with Gasteiger partial charge < -0.3 is 10.9 Å². The summed E-state index contributed by atoms with van der Waals surface area (Å²) < 4.78 is 0. The smallest absolute Gasteiger partial charge is 0.106 e. The van der Waals surface area contributed by atoms with Crippen molar-refractivity contribution in [2.24, 2.45) is 0 Å². The van der Waals surface area contributed by atoms with Crippen molar-refractivity contribution < 1.29 is 21.9 Å². The van der Waals surface area contributed by atoms with E-state index in [1.807, 2.05) is 6.79 Å². The molecule has 0 aromatic carbocycles. The van der Waals surface area contributed by atoms with Gasteiger partial charge in [-0.25, -0.2) is 0 Å². The molecule has 0 amide bonds. The standard InChI is InChI=1S/CH2O.Fe.H3N/c1-2;;/h1H2;;1H3. The Morgan fingerprint density at radius 2 is 1.25 bits per heavy atom. The number of hydrogen-bond donors (Lipinski definition) is 1. The Bertz CT molecular complexity index is 8.00. The Morgan fingerprint density at radius 3 is 1.25 bits per heavy atom. The minimum Gasteiger partial charge on any atom is -0.344 e. The van der Waals surface area contributed by atoms with E-state index in [0.29, 0.717) is 0 Å². The normalized spacial score (nSPS) is 1.00. The first-order chi connectivity index (χ1) is 1.00. The second-order valence-electron chi connectivity index (χ2n) is 0. The minimum absolute atomic E-state index is 0. The fourth-order valence-electron chi connectivity index (χ4n) is 0. The zero-order chi connectivity index (χ0) is 2.00. The molecule has 0 unspecified atom stereocenters. The van der Waals surface area contributed by atoms with E-state index in [4.69, 9.17) is 4.79 Å². The molecular weight excluding hydrogens is 97.9 g/mol.